The van der Waals surface area contributed by atoms with E-state index in [1.807, 2.05) is 0 Å². The van der Waals surface area contributed by atoms with Gasteiger partial charge in [-0.1, -0.05) is 66.8 Å². The zero-order valence-corrected chi connectivity index (χ0v) is 20.6. The maximum absolute atomic E-state index is 6.19. The highest BCUT2D eigenvalue weighted by atomic mass is 79.9. The van der Waals surface area contributed by atoms with E-state index in [1.54, 1.807) is 0 Å². The average molecular weight is 488 g/mol. The molecule has 0 spiro atoms. The van der Waals surface area contributed by atoms with Gasteiger partial charge in [0.15, 0.2) is 0 Å². The molecule has 0 bridgehead atoms. The van der Waals surface area contributed by atoms with Gasteiger partial charge in [-0.2, -0.15) is 0 Å². The lowest BCUT2D eigenvalue weighted by atomic mass is 9.91. The third kappa shape index (κ3) is 8.61. The lowest BCUT2D eigenvalue weighted by molar-refractivity contribution is 0.00113. The number of halogens is 2. The van der Waals surface area contributed by atoms with Crippen LogP contribution in [0.3, 0.4) is 0 Å². The molecule has 0 saturated heterocycles. The summed E-state index contributed by atoms with van der Waals surface area (Å²) in [7, 11) is 0. The van der Waals surface area contributed by atoms with Crippen LogP contribution >= 0.6 is 31.9 Å². The van der Waals surface area contributed by atoms with Crippen molar-refractivity contribution in [3.05, 3.63) is 45.2 Å². The van der Waals surface area contributed by atoms with Crippen molar-refractivity contribution in [3.63, 3.8) is 0 Å². The number of alkyl halides is 1. The molecule has 0 saturated carbocycles. The zero-order valence-electron chi connectivity index (χ0n) is 17.4. The minimum atomic E-state index is -0.125. The second-order valence-electron chi connectivity index (χ2n) is 8.05. The Balaban J connectivity index is 2.39. The summed E-state index contributed by atoms with van der Waals surface area (Å²) in [6.45, 7) is 13.1. The Morgan fingerprint density at radius 2 is 1.58 bits per heavy atom. The van der Waals surface area contributed by atoms with E-state index in [9.17, 15) is 0 Å². The van der Waals surface area contributed by atoms with E-state index in [1.165, 1.54) is 27.6 Å². The van der Waals surface area contributed by atoms with E-state index >= 15 is 0 Å². The zero-order chi connectivity index (χ0) is 19.7. The minimum absolute atomic E-state index is 0.125. The second kappa shape index (κ2) is 11.5. The molecule has 3 heteroatoms. The highest BCUT2D eigenvalue weighted by Gasteiger charge is 2.38. The first-order valence-electron chi connectivity index (χ1n) is 9.77. The van der Waals surface area contributed by atoms with E-state index in [-0.39, 0.29) is 5.60 Å². The summed E-state index contributed by atoms with van der Waals surface area (Å²) in [5, 5.41) is 0. The highest BCUT2D eigenvalue weighted by Crippen LogP contribution is 2.41. The first kappa shape index (κ1) is 23.8. The van der Waals surface area contributed by atoms with Crippen molar-refractivity contribution >= 4 is 31.9 Å². The van der Waals surface area contributed by atoms with Crippen molar-refractivity contribution in [2.75, 3.05) is 0 Å². The fourth-order valence-electron chi connectivity index (χ4n) is 3.14. The summed E-state index contributed by atoms with van der Waals surface area (Å²) in [5.41, 5.74) is 4.28. The number of rotatable bonds is 9. The van der Waals surface area contributed by atoms with Crippen LogP contribution in [0, 0.1) is 0 Å². The molecule has 0 aromatic rings. The number of ether oxygens (including phenoxy) is 1. The van der Waals surface area contributed by atoms with Gasteiger partial charge in [-0.25, -0.2) is 0 Å². The standard InChI is InChI=1S/C23H36Br2O/c1-17(2)10-7-11-18(3)12-8-13-19(4)14-9-15-23(6)22(25)16-21(24)20(5)26-23/h10,12,14,22H,7-9,11,13,15-16H2,1-6H3/b18-12+,19-14+. The molecule has 0 aromatic heterocycles. The number of hydrogen-bond donors (Lipinski definition) is 0. The highest BCUT2D eigenvalue weighted by molar-refractivity contribution is 9.12. The molecule has 1 rings (SSSR count). The lowest BCUT2D eigenvalue weighted by Gasteiger charge is -2.39. The lowest BCUT2D eigenvalue weighted by Crippen LogP contribution is -2.40. The van der Waals surface area contributed by atoms with E-state index in [0.29, 0.717) is 4.83 Å². The van der Waals surface area contributed by atoms with Crippen LogP contribution in [-0.2, 0) is 4.74 Å². The normalized spacial score (nSPS) is 24.5. The average Bonchev–Trinajstić information content (AvgIpc) is 2.53. The third-order valence-corrected chi connectivity index (χ3v) is 7.22. The van der Waals surface area contributed by atoms with Gasteiger partial charge in [-0.3, -0.25) is 0 Å². The molecule has 0 fully saturated rings. The van der Waals surface area contributed by atoms with Gasteiger partial charge in [0, 0.05) is 4.48 Å². The van der Waals surface area contributed by atoms with Crippen LogP contribution in [0.25, 0.3) is 0 Å². The van der Waals surface area contributed by atoms with Crippen LogP contribution in [0.5, 0.6) is 0 Å². The number of hydrogen-bond acceptors (Lipinski definition) is 1. The van der Waals surface area contributed by atoms with Gasteiger partial charge in [0.25, 0.3) is 0 Å². The summed E-state index contributed by atoms with van der Waals surface area (Å²) < 4.78 is 7.37. The van der Waals surface area contributed by atoms with Gasteiger partial charge >= 0.3 is 0 Å². The first-order valence-corrected chi connectivity index (χ1v) is 11.5. The quantitative estimate of drug-likeness (QED) is 0.233. The molecule has 148 valence electrons. The Bertz CT molecular complexity index is 579. The van der Waals surface area contributed by atoms with Crippen molar-refractivity contribution < 1.29 is 4.74 Å². The summed E-state index contributed by atoms with van der Waals surface area (Å²) >= 11 is 7.42. The summed E-state index contributed by atoms with van der Waals surface area (Å²) in [5.74, 6) is 1.03. The molecule has 0 N–H and O–H groups in total. The molecule has 1 nitrogen and oxygen atoms in total. The SMILES string of the molecule is CC(C)=CCC/C(C)=C/CC/C(C)=C/CCC1(C)OC(C)=C(Br)CC1Br. The molecule has 0 aromatic carbocycles. The molecule has 26 heavy (non-hydrogen) atoms. The number of allylic oxidation sites excluding steroid dienone is 8. The van der Waals surface area contributed by atoms with Crippen molar-refractivity contribution in [2.45, 2.75) is 96.9 Å². The first-order chi connectivity index (χ1) is 12.1. The minimum Gasteiger partial charge on any atom is -0.490 e. The van der Waals surface area contributed by atoms with Crippen LogP contribution in [0.4, 0.5) is 0 Å². The summed E-state index contributed by atoms with van der Waals surface area (Å²) in [4.78, 5) is 0.355. The smallest absolute Gasteiger partial charge is 0.119 e. The fraction of sp³-hybridized carbons (Fsp3) is 0.652. The van der Waals surface area contributed by atoms with Crippen molar-refractivity contribution in [1.29, 1.82) is 0 Å². The van der Waals surface area contributed by atoms with Crippen LogP contribution in [0.1, 0.15) is 86.5 Å². The van der Waals surface area contributed by atoms with Crippen molar-refractivity contribution in [3.8, 4) is 0 Å². The molecule has 0 radical (unpaired) electrons. The molecule has 1 aliphatic heterocycles. The van der Waals surface area contributed by atoms with Gasteiger partial charge in [0.05, 0.1) is 4.83 Å². The van der Waals surface area contributed by atoms with Crippen LogP contribution in [0.2, 0.25) is 0 Å². The van der Waals surface area contributed by atoms with Gasteiger partial charge in [-0.05, 0) is 86.5 Å². The fourth-order valence-corrected chi connectivity index (χ4v) is 4.62. The molecule has 1 heterocycles. The Kier molecular flexibility index (Phi) is 10.5. The Morgan fingerprint density at radius 3 is 2.15 bits per heavy atom. The van der Waals surface area contributed by atoms with E-state index in [4.69, 9.17) is 4.74 Å². The Hall–Kier alpha value is -0.280. The van der Waals surface area contributed by atoms with Gasteiger partial charge < -0.3 is 4.74 Å². The maximum atomic E-state index is 6.19. The van der Waals surface area contributed by atoms with E-state index in [2.05, 4.69) is 91.6 Å². The molecule has 0 amide bonds. The van der Waals surface area contributed by atoms with Crippen LogP contribution < -0.4 is 0 Å². The molecule has 2 atom stereocenters. The second-order valence-corrected chi connectivity index (χ2v) is 10.1. The largest absolute Gasteiger partial charge is 0.490 e. The molecular weight excluding hydrogens is 452 g/mol. The predicted octanol–water partition coefficient (Wildman–Crippen LogP) is 8.75. The van der Waals surface area contributed by atoms with E-state index in [0.717, 1.165) is 44.3 Å². The van der Waals surface area contributed by atoms with Crippen LogP contribution in [-0.4, -0.2) is 10.4 Å². The molecule has 2 unspecified atom stereocenters. The van der Waals surface area contributed by atoms with E-state index < -0.39 is 0 Å². The van der Waals surface area contributed by atoms with Gasteiger partial charge in [-0.15, -0.1) is 0 Å². The Labute approximate surface area is 178 Å². The monoisotopic (exact) mass is 486 g/mol. The Morgan fingerprint density at radius 1 is 1.04 bits per heavy atom. The molecular formula is C23H36Br2O. The topological polar surface area (TPSA) is 9.23 Å². The predicted molar refractivity (Wildman–Crippen MR) is 123 cm³/mol. The van der Waals surface area contributed by atoms with Gasteiger partial charge in [0.2, 0.25) is 0 Å². The third-order valence-electron chi connectivity index (χ3n) is 5.05. The van der Waals surface area contributed by atoms with Gasteiger partial charge in [0.1, 0.15) is 11.4 Å². The maximum Gasteiger partial charge on any atom is 0.119 e. The summed E-state index contributed by atoms with van der Waals surface area (Å²) in [6.07, 6.45) is 14.9. The van der Waals surface area contributed by atoms with Crippen molar-refractivity contribution in [2.24, 2.45) is 0 Å². The molecule has 0 aliphatic carbocycles. The summed E-state index contributed by atoms with van der Waals surface area (Å²) in [6, 6.07) is 0. The molecule has 1 aliphatic rings. The van der Waals surface area contributed by atoms with Crippen molar-refractivity contribution in [1.82, 2.24) is 0 Å². The van der Waals surface area contributed by atoms with Crippen LogP contribution in [0.15, 0.2) is 45.2 Å².